The molecule has 2 fully saturated rings. The standard InChI is InChI=1S/C15H20FNO/c16-15(9-1-2-12(17)10-15)11-3-5-13(6-4-11)18-14-7-8-14/h3-6,12,14H,1-2,7-10,17H2. The molecule has 0 aromatic heterocycles. The molecule has 2 N–H and O–H groups in total. The van der Waals surface area contributed by atoms with Crippen LogP contribution in [0.5, 0.6) is 5.75 Å². The highest BCUT2D eigenvalue weighted by molar-refractivity contribution is 5.32. The number of hydrogen-bond donors (Lipinski definition) is 1. The van der Waals surface area contributed by atoms with E-state index in [0.717, 1.165) is 37.0 Å². The van der Waals surface area contributed by atoms with Crippen molar-refractivity contribution in [1.82, 2.24) is 0 Å². The number of nitrogens with two attached hydrogens (primary N) is 1. The Bertz CT molecular complexity index is 415. The van der Waals surface area contributed by atoms with E-state index in [1.807, 2.05) is 24.3 Å². The Morgan fingerprint density at radius 3 is 2.50 bits per heavy atom. The fourth-order valence-corrected chi connectivity index (χ4v) is 2.74. The van der Waals surface area contributed by atoms with Gasteiger partial charge in [-0.1, -0.05) is 12.1 Å². The van der Waals surface area contributed by atoms with Gasteiger partial charge in [0.05, 0.1) is 6.10 Å². The molecular formula is C15H20FNO. The molecule has 1 aromatic rings. The third kappa shape index (κ3) is 2.51. The first-order chi connectivity index (χ1) is 8.66. The molecule has 0 aliphatic heterocycles. The molecule has 2 saturated carbocycles. The number of rotatable bonds is 3. The van der Waals surface area contributed by atoms with Gasteiger partial charge in [0.2, 0.25) is 0 Å². The number of benzene rings is 1. The summed E-state index contributed by atoms with van der Waals surface area (Å²) in [5.74, 6) is 0.852. The zero-order chi connectivity index (χ0) is 12.6. The predicted molar refractivity (Wildman–Crippen MR) is 69.3 cm³/mol. The molecular weight excluding hydrogens is 229 g/mol. The van der Waals surface area contributed by atoms with Gasteiger partial charge in [0.15, 0.2) is 0 Å². The van der Waals surface area contributed by atoms with Crippen molar-refractivity contribution in [3.63, 3.8) is 0 Å². The van der Waals surface area contributed by atoms with Crippen LogP contribution in [0.15, 0.2) is 24.3 Å². The maximum absolute atomic E-state index is 14.8. The van der Waals surface area contributed by atoms with Gasteiger partial charge >= 0.3 is 0 Å². The molecule has 0 amide bonds. The molecule has 2 unspecified atom stereocenters. The molecule has 2 aliphatic rings. The highest BCUT2D eigenvalue weighted by Crippen LogP contribution is 2.41. The fraction of sp³-hybridized carbons (Fsp3) is 0.600. The number of ether oxygens (including phenoxy) is 1. The predicted octanol–water partition coefficient (Wildman–Crippen LogP) is 3.29. The molecule has 0 heterocycles. The molecule has 1 aromatic carbocycles. The number of hydrogen-bond acceptors (Lipinski definition) is 2. The van der Waals surface area contributed by atoms with Crippen LogP contribution < -0.4 is 10.5 Å². The lowest BCUT2D eigenvalue weighted by molar-refractivity contribution is 0.0947. The van der Waals surface area contributed by atoms with E-state index in [1.165, 1.54) is 0 Å². The third-order valence-electron chi connectivity index (χ3n) is 3.93. The lowest BCUT2D eigenvalue weighted by atomic mass is 9.79. The minimum Gasteiger partial charge on any atom is -0.490 e. The van der Waals surface area contributed by atoms with Crippen LogP contribution in [-0.4, -0.2) is 12.1 Å². The van der Waals surface area contributed by atoms with Crippen molar-refractivity contribution in [2.75, 3.05) is 0 Å². The van der Waals surface area contributed by atoms with Gasteiger partial charge in [-0.15, -0.1) is 0 Å². The highest BCUT2D eigenvalue weighted by atomic mass is 19.1. The summed E-state index contributed by atoms with van der Waals surface area (Å²) in [5, 5.41) is 0. The Hall–Kier alpha value is -1.09. The summed E-state index contributed by atoms with van der Waals surface area (Å²) >= 11 is 0. The van der Waals surface area contributed by atoms with E-state index in [1.54, 1.807) is 0 Å². The van der Waals surface area contributed by atoms with Gasteiger partial charge in [-0.05, 0) is 49.8 Å². The van der Waals surface area contributed by atoms with Crippen molar-refractivity contribution >= 4 is 0 Å². The largest absolute Gasteiger partial charge is 0.490 e. The quantitative estimate of drug-likeness (QED) is 0.892. The Kier molecular flexibility index (Phi) is 3.02. The zero-order valence-electron chi connectivity index (χ0n) is 10.6. The van der Waals surface area contributed by atoms with Gasteiger partial charge in [0.1, 0.15) is 11.4 Å². The Morgan fingerprint density at radius 2 is 1.89 bits per heavy atom. The van der Waals surface area contributed by atoms with E-state index < -0.39 is 5.67 Å². The number of alkyl halides is 1. The monoisotopic (exact) mass is 249 g/mol. The molecule has 98 valence electrons. The van der Waals surface area contributed by atoms with Crippen LogP contribution in [0.2, 0.25) is 0 Å². The molecule has 18 heavy (non-hydrogen) atoms. The Balaban J connectivity index is 1.74. The van der Waals surface area contributed by atoms with Crippen LogP contribution in [0.3, 0.4) is 0 Å². The van der Waals surface area contributed by atoms with E-state index in [2.05, 4.69) is 0 Å². The van der Waals surface area contributed by atoms with E-state index in [4.69, 9.17) is 10.5 Å². The maximum Gasteiger partial charge on any atom is 0.137 e. The molecule has 2 aliphatic carbocycles. The summed E-state index contributed by atoms with van der Waals surface area (Å²) in [6, 6.07) is 7.47. The summed E-state index contributed by atoms with van der Waals surface area (Å²) in [6.45, 7) is 0. The van der Waals surface area contributed by atoms with Crippen molar-refractivity contribution in [3.05, 3.63) is 29.8 Å². The van der Waals surface area contributed by atoms with Crippen molar-refractivity contribution in [2.24, 2.45) is 5.73 Å². The maximum atomic E-state index is 14.8. The van der Waals surface area contributed by atoms with Crippen LogP contribution in [0.25, 0.3) is 0 Å². The lowest BCUT2D eigenvalue weighted by Crippen LogP contribution is -2.36. The van der Waals surface area contributed by atoms with E-state index >= 15 is 0 Å². The van der Waals surface area contributed by atoms with Crippen LogP contribution in [-0.2, 0) is 5.67 Å². The first kappa shape index (κ1) is 12.0. The average molecular weight is 249 g/mol. The molecule has 2 atom stereocenters. The SMILES string of the molecule is NC1CCCC(F)(c2ccc(OC3CC3)cc2)C1. The van der Waals surface area contributed by atoms with Gasteiger partial charge in [-0.25, -0.2) is 4.39 Å². The first-order valence-electron chi connectivity index (χ1n) is 6.87. The zero-order valence-corrected chi connectivity index (χ0v) is 10.6. The fourth-order valence-electron chi connectivity index (χ4n) is 2.74. The summed E-state index contributed by atoms with van der Waals surface area (Å²) in [7, 11) is 0. The summed E-state index contributed by atoms with van der Waals surface area (Å²) in [4.78, 5) is 0. The van der Waals surface area contributed by atoms with Gasteiger partial charge < -0.3 is 10.5 Å². The average Bonchev–Trinajstić information content (AvgIpc) is 3.13. The van der Waals surface area contributed by atoms with Crippen molar-refractivity contribution in [1.29, 1.82) is 0 Å². The van der Waals surface area contributed by atoms with E-state index in [-0.39, 0.29) is 6.04 Å². The minimum absolute atomic E-state index is 0.00820. The second-order valence-corrected chi connectivity index (χ2v) is 5.66. The second-order valence-electron chi connectivity index (χ2n) is 5.66. The minimum atomic E-state index is -1.24. The van der Waals surface area contributed by atoms with Crippen LogP contribution in [0, 0.1) is 0 Å². The van der Waals surface area contributed by atoms with Gasteiger partial charge in [0.25, 0.3) is 0 Å². The van der Waals surface area contributed by atoms with E-state index in [9.17, 15) is 4.39 Å². The van der Waals surface area contributed by atoms with Crippen molar-refractivity contribution < 1.29 is 9.13 Å². The molecule has 0 saturated heterocycles. The van der Waals surface area contributed by atoms with Crippen LogP contribution in [0.4, 0.5) is 4.39 Å². The van der Waals surface area contributed by atoms with Gasteiger partial charge in [-0.2, -0.15) is 0 Å². The molecule has 0 radical (unpaired) electrons. The molecule has 3 heteroatoms. The Morgan fingerprint density at radius 1 is 1.17 bits per heavy atom. The topological polar surface area (TPSA) is 35.2 Å². The smallest absolute Gasteiger partial charge is 0.137 e. The molecule has 3 rings (SSSR count). The summed E-state index contributed by atoms with van der Waals surface area (Å²) in [6.07, 6.45) is 5.51. The van der Waals surface area contributed by atoms with Crippen molar-refractivity contribution in [3.8, 4) is 5.75 Å². The highest BCUT2D eigenvalue weighted by Gasteiger charge is 2.36. The van der Waals surface area contributed by atoms with Crippen molar-refractivity contribution in [2.45, 2.75) is 56.3 Å². The third-order valence-corrected chi connectivity index (χ3v) is 3.93. The van der Waals surface area contributed by atoms with E-state index in [0.29, 0.717) is 18.9 Å². The molecule has 0 spiro atoms. The van der Waals surface area contributed by atoms with Crippen LogP contribution >= 0.6 is 0 Å². The second kappa shape index (κ2) is 4.54. The van der Waals surface area contributed by atoms with Crippen LogP contribution in [0.1, 0.15) is 44.1 Å². The number of halogens is 1. The summed E-state index contributed by atoms with van der Waals surface area (Å²) < 4.78 is 20.5. The Labute approximate surface area is 107 Å². The summed E-state index contributed by atoms with van der Waals surface area (Å²) in [5.41, 5.74) is 5.40. The van der Waals surface area contributed by atoms with Gasteiger partial charge in [0, 0.05) is 12.5 Å². The lowest BCUT2D eigenvalue weighted by Gasteiger charge is -2.33. The normalized spacial score (nSPS) is 32.2. The first-order valence-corrected chi connectivity index (χ1v) is 6.87. The van der Waals surface area contributed by atoms with Gasteiger partial charge in [-0.3, -0.25) is 0 Å². The molecule has 2 nitrogen and oxygen atoms in total. The molecule has 0 bridgehead atoms.